The first-order valence-corrected chi connectivity index (χ1v) is 8.33. The van der Waals surface area contributed by atoms with Crippen LogP contribution in [0, 0.1) is 0 Å². The van der Waals surface area contributed by atoms with Gasteiger partial charge in [0, 0.05) is 24.2 Å². The van der Waals surface area contributed by atoms with Crippen molar-refractivity contribution in [3.05, 3.63) is 28.2 Å². The van der Waals surface area contributed by atoms with E-state index in [2.05, 4.69) is 26.6 Å². The Labute approximate surface area is 145 Å². The van der Waals surface area contributed by atoms with Crippen molar-refractivity contribution in [1.82, 2.24) is 10.6 Å². The summed E-state index contributed by atoms with van der Waals surface area (Å²) in [7, 11) is 0. The Hall–Kier alpha value is -1.15. The Morgan fingerprint density at radius 2 is 2.13 bits per heavy atom. The van der Waals surface area contributed by atoms with Gasteiger partial charge in [0.05, 0.1) is 11.1 Å². The van der Waals surface area contributed by atoms with Gasteiger partial charge in [0.1, 0.15) is 18.5 Å². The Kier molecular flexibility index (Phi) is 7.98. The molecule has 4 N–H and O–H groups in total. The monoisotopic (exact) mass is 388 g/mol. The highest BCUT2D eigenvalue weighted by Gasteiger charge is 2.17. The number of hydrogen-bond acceptors (Lipinski definition) is 5. The molecular formula is C16H25BrN2O4. The van der Waals surface area contributed by atoms with Gasteiger partial charge in [-0.25, -0.2) is 0 Å². The highest BCUT2D eigenvalue weighted by Crippen LogP contribution is 2.26. The minimum absolute atomic E-state index is 0.0204. The lowest BCUT2D eigenvalue weighted by molar-refractivity contribution is 0.0902. The minimum atomic E-state index is -0.712. The van der Waals surface area contributed by atoms with Crippen LogP contribution < -0.4 is 15.4 Å². The second kappa shape index (κ2) is 9.22. The van der Waals surface area contributed by atoms with E-state index in [0.717, 1.165) is 0 Å². The maximum atomic E-state index is 11.7. The number of benzene rings is 1. The number of nitrogens with one attached hydrogen (secondary N) is 2. The Balaban J connectivity index is 2.53. The van der Waals surface area contributed by atoms with Crippen LogP contribution in [0.4, 0.5) is 0 Å². The first kappa shape index (κ1) is 19.9. The zero-order valence-electron chi connectivity index (χ0n) is 13.7. The number of β-amino-alcohol motifs (C(OH)–C–C–N with tert-alkyl or cyclic N) is 1. The van der Waals surface area contributed by atoms with Gasteiger partial charge in [-0.1, -0.05) is 0 Å². The lowest BCUT2D eigenvalue weighted by Crippen LogP contribution is -2.47. The SMILES string of the molecule is CCNC(=O)c1ccc(OCC(O)CNC(C)(C)CO)c(Br)c1. The first-order valence-electron chi connectivity index (χ1n) is 7.53. The standard InChI is InChI=1S/C16H25BrN2O4/c1-4-18-15(22)11-5-6-14(13(17)7-11)23-9-12(21)8-19-16(2,3)10-20/h5-7,12,19-21H,4,8-10H2,1-3H3,(H,18,22). The molecule has 0 saturated carbocycles. The highest BCUT2D eigenvalue weighted by molar-refractivity contribution is 9.10. The number of carbonyl (C=O) groups is 1. The van der Waals surface area contributed by atoms with Crippen LogP contribution in [-0.2, 0) is 0 Å². The molecule has 0 bridgehead atoms. The van der Waals surface area contributed by atoms with Crippen molar-refractivity contribution >= 4 is 21.8 Å². The van der Waals surface area contributed by atoms with E-state index in [9.17, 15) is 9.90 Å². The van der Waals surface area contributed by atoms with Gasteiger partial charge in [-0.2, -0.15) is 0 Å². The summed E-state index contributed by atoms with van der Waals surface area (Å²) in [5.41, 5.74) is 0.0912. The van der Waals surface area contributed by atoms with E-state index in [1.807, 2.05) is 20.8 Å². The average molecular weight is 389 g/mol. The molecule has 7 heteroatoms. The molecule has 0 spiro atoms. The second-order valence-corrected chi connectivity index (χ2v) is 6.75. The van der Waals surface area contributed by atoms with Crippen molar-refractivity contribution in [2.75, 3.05) is 26.3 Å². The molecule has 0 saturated heterocycles. The smallest absolute Gasteiger partial charge is 0.251 e. The van der Waals surface area contributed by atoms with Crippen molar-refractivity contribution < 1.29 is 19.7 Å². The number of amides is 1. The molecule has 0 aliphatic rings. The summed E-state index contributed by atoms with van der Waals surface area (Å²) in [6.45, 7) is 6.51. The molecule has 1 atom stereocenters. The lowest BCUT2D eigenvalue weighted by Gasteiger charge is -2.25. The molecule has 6 nitrogen and oxygen atoms in total. The Morgan fingerprint density at radius 1 is 1.43 bits per heavy atom. The van der Waals surface area contributed by atoms with Crippen LogP contribution in [0.2, 0.25) is 0 Å². The molecule has 0 aliphatic carbocycles. The van der Waals surface area contributed by atoms with Crippen molar-refractivity contribution in [2.45, 2.75) is 32.4 Å². The van der Waals surface area contributed by atoms with E-state index in [4.69, 9.17) is 9.84 Å². The van der Waals surface area contributed by atoms with Crippen LogP contribution in [-0.4, -0.2) is 54.1 Å². The van der Waals surface area contributed by atoms with Crippen LogP contribution in [0.25, 0.3) is 0 Å². The van der Waals surface area contributed by atoms with Gasteiger partial charge in [-0.3, -0.25) is 4.79 Å². The number of carbonyl (C=O) groups excluding carboxylic acids is 1. The zero-order valence-corrected chi connectivity index (χ0v) is 15.3. The molecule has 0 radical (unpaired) electrons. The molecule has 1 unspecified atom stereocenters. The molecule has 1 aromatic rings. The Bertz CT molecular complexity index is 523. The van der Waals surface area contributed by atoms with E-state index in [-0.39, 0.29) is 19.1 Å². The topological polar surface area (TPSA) is 90.8 Å². The summed E-state index contributed by atoms with van der Waals surface area (Å²) in [6, 6.07) is 5.04. The molecule has 1 rings (SSSR count). The van der Waals surface area contributed by atoms with Gasteiger partial charge < -0.3 is 25.6 Å². The minimum Gasteiger partial charge on any atom is -0.490 e. The molecular weight excluding hydrogens is 364 g/mol. The third-order valence-electron chi connectivity index (χ3n) is 3.17. The van der Waals surface area contributed by atoms with Crippen molar-refractivity contribution in [1.29, 1.82) is 0 Å². The van der Waals surface area contributed by atoms with Gasteiger partial charge in [-0.05, 0) is 54.9 Å². The van der Waals surface area contributed by atoms with E-state index in [0.29, 0.717) is 28.9 Å². The largest absolute Gasteiger partial charge is 0.490 e. The van der Waals surface area contributed by atoms with Crippen molar-refractivity contribution in [3.8, 4) is 5.75 Å². The second-order valence-electron chi connectivity index (χ2n) is 5.89. The van der Waals surface area contributed by atoms with E-state index < -0.39 is 11.6 Å². The van der Waals surface area contributed by atoms with Gasteiger partial charge in [0.25, 0.3) is 5.91 Å². The van der Waals surface area contributed by atoms with Crippen LogP contribution in [0.5, 0.6) is 5.75 Å². The van der Waals surface area contributed by atoms with Gasteiger partial charge in [-0.15, -0.1) is 0 Å². The maximum Gasteiger partial charge on any atom is 0.251 e. The molecule has 0 aromatic heterocycles. The highest BCUT2D eigenvalue weighted by atomic mass is 79.9. The molecule has 0 fully saturated rings. The number of halogens is 1. The quantitative estimate of drug-likeness (QED) is 0.511. The molecule has 1 amide bonds. The summed E-state index contributed by atoms with van der Waals surface area (Å²) in [6.07, 6.45) is -0.712. The maximum absolute atomic E-state index is 11.7. The fraction of sp³-hybridized carbons (Fsp3) is 0.562. The normalized spacial score (nSPS) is 12.8. The van der Waals surface area contributed by atoms with Crippen molar-refractivity contribution in [2.24, 2.45) is 0 Å². The van der Waals surface area contributed by atoms with Crippen LogP contribution >= 0.6 is 15.9 Å². The van der Waals surface area contributed by atoms with E-state index >= 15 is 0 Å². The van der Waals surface area contributed by atoms with Gasteiger partial charge in [0.15, 0.2) is 0 Å². The van der Waals surface area contributed by atoms with Crippen LogP contribution in [0.15, 0.2) is 22.7 Å². The molecule has 23 heavy (non-hydrogen) atoms. The van der Waals surface area contributed by atoms with Crippen molar-refractivity contribution in [3.63, 3.8) is 0 Å². The predicted molar refractivity (Wildman–Crippen MR) is 92.8 cm³/mol. The van der Waals surface area contributed by atoms with Crippen LogP contribution in [0.3, 0.4) is 0 Å². The Morgan fingerprint density at radius 3 is 2.70 bits per heavy atom. The van der Waals surface area contributed by atoms with Crippen LogP contribution in [0.1, 0.15) is 31.1 Å². The molecule has 130 valence electrons. The lowest BCUT2D eigenvalue weighted by atomic mass is 10.1. The predicted octanol–water partition coefficient (Wildman–Crippen LogP) is 1.30. The fourth-order valence-corrected chi connectivity index (χ4v) is 2.21. The molecule has 1 aromatic carbocycles. The summed E-state index contributed by atoms with van der Waals surface area (Å²) in [4.78, 5) is 11.7. The summed E-state index contributed by atoms with van der Waals surface area (Å²) >= 11 is 3.36. The summed E-state index contributed by atoms with van der Waals surface area (Å²) in [5.74, 6) is 0.411. The summed E-state index contributed by atoms with van der Waals surface area (Å²) in [5, 5.41) is 24.8. The average Bonchev–Trinajstić information content (AvgIpc) is 2.52. The first-order chi connectivity index (χ1) is 10.8. The molecule has 0 heterocycles. The van der Waals surface area contributed by atoms with Gasteiger partial charge in [0.2, 0.25) is 0 Å². The fourth-order valence-electron chi connectivity index (χ4n) is 1.72. The number of aliphatic hydroxyl groups excluding tert-OH is 2. The summed E-state index contributed by atoms with van der Waals surface area (Å²) < 4.78 is 6.21. The third kappa shape index (κ3) is 6.87. The number of aliphatic hydroxyl groups is 2. The number of hydrogen-bond donors (Lipinski definition) is 4. The van der Waals surface area contributed by atoms with Gasteiger partial charge >= 0.3 is 0 Å². The third-order valence-corrected chi connectivity index (χ3v) is 3.79. The number of rotatable bonds is 9. The van der Waals surface area contributed by atoms with E-state index in [1.165, 1.54) is 0 Å². The molecule has 0 aliphatic heterocycles. The number of ether oxygens (including phenoxy) is 1. The van der Waals surface area contributed by atoms with E-state index in [1.54, 1.807) is 18.2 Å². The zero-order chi connectivity index (χ0) is 17.5.